The number of carbonyl (C=O) groups excluding carboxylic acids is 2. The van der Waals surface area contributed by atoms with Gasteiger partial charge in [-0.2, -0.15) is 5.26 Å². The van der Waals surface area contributed by atoms with Crippen LogP contribution in [0.2, 0.25) is 0 Å². The molecule has 3 aromatic rings. The van der Waals surface area contributed by atoms with Crippen LogP contribution in [0.1, 0.15) is 56.8 Å². The summed E-state index contributed by atoms with van der Waals surface area (Å²) in [6, 6.07) is 18.8. The fourth-order valence-electron chi connectivity index (χ4n) is 3.26. The Balaban J connectivity index is 1.79. The molecule has 0 spiro atoms. The van der Waals surface area contributed by atoms with Gasteiger partial charge in [0.25, 0.3) is 0 Å². The van der Waals surface area contributed by atoms with E-state index in [4.69, 9.17) is 0 Å². The van der Waals surface area contributed by atoms with E-state index < -0.39 is 5.41 Å². The highest BCUT2D eigenvalue weighted by Gasteiger charge is 2.21. The van der Waals surface area contributed by atoms with E-state index in [1.807, 2.05) is 51.1 Å². The number of pyridine rings is 1. The van der Waals surface area contributed by atoms with Crippen molar-refractivity contribution in [2.75, 3.05) is 0 Å². The maximum Gasteiger partial charge on any atom is 0.168 e. The lowest BCUT2D eigenvalue weighted by atomic mass is 9.85. The van der Waals surface area contributed by atoms with Crippen LogP contribution >= 0.6 is 0 Å². The van der Waals surface area contributed by atoms with E-state index in [-0.39, 0.29) is 24.4 Å². The average Bonchev–Trinajstić information content (AvgIpc) is 2.76. The zero-order chi connectivity index (χ0) is 21.7. The topological polar surface area (TPSA) is 70.8 Å². The van der Waals surface area contributed by atoms with Crippen molar-refractivity contribution < 1.29 is 9.59 Å². The third-order valence-corrected chi connectivity index (χ3v) is 5.30. The fraction of sp³-hybridized carbons (Fsp3) is 0.231. The van der Waals surface area contributed by atoms with Crippen LogP contribution in [0.5, 0.6) is 0 Å². The number of Topliss-reactive ketones (excluding diaryl/α,β-unsaturated/α-hetero) is 2. The number of hydrogen-bond donors (Lipinski definition) is 0. The minimum absolute atomic E-state index is 0.00103. The van der Waals surface area contributed by atoms with Crippen molar-refractivity contribution in [1.29, 1.82) is 5.26 Å². The second kappa shape index (κ2) is 8.84. The maximum absolute atomic E-state index is 12.9. The van der Waals surface area contributed by atoms with Gasteiger partial charge in [0.15, 0.2) is 11.6 Å². The average molecular weight is 396 g/mol. The van der Waals surface area contributed by atoms with Gasteiger partial charge < -0.3 is 0 Å². The summed E-state index contributed by atoms with van der Waals surface area (Å²) < 4.78 is 0. The number of aromatic nitrogens is 1. The normalized spacial score (nSPS) is 11.0. The van der Waals surface area contributed by atoms with Gasteiger partial charge in [0.05, 0.1) is 11.5 Å². The van der Waals surface area contributed by atoms with Gasteiger partial charge in [-0.1, -0.05) is 36.4 Å². The van der Waals surface area contributed by atoms with Gasteiger partial charge >= 0.3 is 0 Å². The number of aryl methyl sites for hydroxylation is 1. The Labute approximate surface area is 177 Å². The minimum atomic E-state index is -0.653. The van der Waals surface area contributed by atoms with Crippen LogP contribution < -0.4 is 0 Å². The molecule has 4 heteroatoms. The Hall–Kier alpha value is -3.58. The third kappa shape index (κ3) is 4.87. The first kappa shape index (κ1) is 21.1. The summed E-state index contributed by atoms with van der Waals surface area (Å²) in [4.78, 5) is 29.4. The van der Waals surface area contributed by atoms with Crippen LogP contribution in [0, 0.1) is 18.3 Å². The molecule has 0 unspecified atom stereocenters. The monoisotopic (exact) mass is 396 g/mol. The van der Waals surface area contributed by atoms with Gasteiger partial charge in [0.2, 0.25) is 0 Å². The van der Waals surface area contributed by atoms with Crippen molar-refractivity contribution in [3.63, 3.8) is 0 Å². The second-order valence-corrected chi connectivity index (χ2v) is 8.02. The first-order chi connectivity index (χ1) is 14.3. The zero-order valence-electron chi connectivity index (χ0n) is 17.5. The predicted molar refractivity (Wildman–Crippen MR) is 117 cm³/mol. The van der Waals surface area contributed by atoms with E-state index in [0.29, 0.717) is 11.1 Å². The molecule has 2 aromatic carbocycles. The summed E-state index contributed by atoms with van der Waals surface area (Å²) >= 11 is 0. The van der Waals surface area contributed by atoms with Gasteiger partial charge in [-0.25, -0.2) is 0 Å². The van der Waals surface area contributed by atoms with Crippen molar-refractivity contribution in [3.05, 3.63) is 100 Å². The fourth-order valence-corrected chi connectivity index (χ4v) is 3.26. The molecule has 0 saturated heterocycles. The molecule has 4 nitrogen and oxygen atoms in total. The first-order valence-electron chi connectivity index (χ1n) is 9.87. The van der Waals surface area contributed by atoms with Crippen molar-refractivity contribution >= 4 is 11.6 Å². The van der Waals surface area contributed by atoms with E-state index in [1.165, 1.54) is 0 Å². The highest BCUT2D eigenvalue weighted by atomic mass is 16.1. The Bertz CT molecular complexity index is 1130. The van der Waals surface area contributed by atoms with Crippen molar-refractivity contribution in [3.8, 4) is 6.07 Å². The molecule has 0 aliphatic carbocycles. The molecule has 0 fully saturated rings. The molecule has 0 saturated carbocycles. The molecule has 0 radical (unpaired) electrons. The lowest BCUT2D eigenvalue weighted by Crippen LogP contribution is -2.15. The Kier molecular flexibility index (Phi) is 6.23. The van der Waals surface area contributed by atoms with Crippen LogP contribution in [-0.4, -0.2) is 16.6 Å². The largest absolute Gasteiger partial charge is 0.294 e. The number of benzene rings is 2. The quantitative estimate of drug-likeness (QED) is 0.525. The molecule has 0 N–H and O–H groups in total. The molecule has 0 amide bonds. The lowest BCUT2D eigenvalue weighted by molar-refractivity contribution is 0.0986. The van der Waals surface area contributed by atoms with Gasteiger partial charge in [0, 0.05) is 36.4 Å². The summed E-state index contributed by atoms with van der Waals surface area (Å²) in [5, 5.41) is 9.36. The zero-order valence-corrected chi connectivity index (χ0v) is 17.5. The van der Waals surface area contributed by atoms with Crippen molar-refractivity contribution in [2.24, 2.45) is 0 Å². The Morgan fingerprint density at radius 3 is 2.40 bits per heavy atom. The Morgan fingerprint density at radius 2 is 1.70 bits per heavy atom. The van der Waals surface area contributed by atoms with Crippen LogP contribution in [0.15, 0.2) is 67.0 Å². The van der Waals surface area contributed by atoms with E-state index in [0.717, 1.165) is 22.3 Å². The minimum Gasteiger partial charge on any atom is -0.294 e. The van der Waals surface area contributed by atoms with Gasteiger partial charge in [-0.15, -0.1) is 0 Å². The van der Waals surface area contributed by atoms with Crippen LogP contribution in [0.25, 0.3) is 0 Å². The summed E-state index contributed by atoms with van der Waals surface area (Å²) in [6.07, 6.45) is 3.72. The highest BCUT2D eigenvalue weighted by molar-refractivity contribution is 5.98. The number of nitriles is 1. The van der Waals surface area contributed by atoms with E-state index in [1.54, 1.807) is 36.7 Å². The number of ketones is 2. The van der Waals surface area contributed by atoms with Crippen molar-refractivity contribution in [1.82, 2.24) is 4.98 Å². The van der Waals surface area contributed by atoms with E-state index in [2.05, 4.69) is 11.1 Å². The molecule has 3 rings (SSSR count). The Morgan fingerprint density at radius 1 is 0.967 bits per heavy atom. The van der Waals surface area contributed by atoms with Crippen LogP contribution in [0.3, 0.4) is 0 Å². The van der Waals surface area contributed by atoms with E-state index in [9.17, 15) is 14.9 Å². The van der Waals surface area contributed by atoms with Gasteiger partial charge in [-0.05, 0) is 61.2 Å². The molecule has 30 heavy (non-hydrogen) atoms. The van der Waals surface area contributed by atoms with Crippen molar-refractivity contribution in [2.45, 2.75) is 39.0 Å². The summed E-state index contributed by atoms with van der Waals surface area (Å²) in [5.41, 5.74) is 4.13. The molecule has 0 aliphatic heterocycles. The maximum atomic E-state index is 12.9. The molecule has 1 aromatic heterocycles. The molecular weight excluding hydrogens is 372 g/mol. The smallest absolute Gasteiger partial charge is 0.168 e. The summed E-state index contributed by atoms with van der Waals surface area (Å²) in [7, 11) is 0. The number of nitrogens with zero attached hydrogens (tertiary/aromatic N) is 2. The second-order valence-electron chi connectivity index (χ2n) is 8.02. The standard InChI is InChI=1S/C26H24N2O2/c1-18-9-10-19(12-22(18)15-25(30)21-7-5-11-28-16-21)13-24(29)20-6-4-8-23(14-20)26(2,3)17-27/h4-12,14,16H,13,15H2,1-3H3. The number of carbonyl (C=O) groups is 2. The van der Waals surface area contributed by atoms with Gasteiger partial charge in [-0.3, -0.25) is 14.6 Å². The number of hydrogen-bond acceptors (Lipinski definition) is 4. The lowest BCUT2D eigenvalue weighted by Gasteiger charge is -2.16. The molecule has 0 aliphatic rings. The summed E-state index contributed by atoms with van der Waals surface area (Å²) in [6.45, 7) is 5.63. The van der Waals surface area contributed by atoms with Crippen LogP contribution in [0.4, 0.5) is 0 Å². The molecule has 0 bridgehead atoms. The van der Waals surface area contributed by atoms with Gasteiger partial charge in [0.1, 0.15) is 0 Å². The molecule has 0 atom stereocenters. The highest BCUT2D eigenvalue weighted by Crippen LogP contribution is 2.24. The first-order valence-corrected chi connectivity index (χ1v) is 9.87. The SMILES string of the molecule is Cc1ccc(CC(=O)c2cccc(C(C)(C)C#N)c2)cc1CC(=O)c1cccnc1. The molecule has 1 heterocycles. The van der Waals surface area contributed by atoms with Crippen LogP contribution in [-0.2, 0) is 18.3 Å². The predicted octanol–water partition coefficient (Wildman–Crippen LogP) is 5.04. The summed E-state index contributed by atoms with van der Waals surface area (Å²) in [5.74, 6) is -0.0138. The molecular formula is C26H24N2O2. The third-order valence-electron chi connectivity index (χ3n) is 5.30. The van der Waals surface area contributed by atoms with E-state index >= 15 is 0 Å². The molecule has 150 valence electrons. The number of rotatable bonds is 7.